The molecule has 18 heavy (non-hydrogen) atoms. The van der Waals surface area contributed by atoms with Crippen LogP contribution in [0.2, 0.25) is 0 Å². The Morgan fingerprint density at radius 2 is 2.22 bits per heavy atom. The van der Waals surface area contributed by atoms with Gasteiger partial charge in [0.05, 0.1) is 10.2 Å². The Bertz CT molecular complexity index is 578. The highest BCUT2D eigenvalue weighted by Gasteiger charge is 2.06. The van der Waals surface area contributed by atoms with Gasteiger partial charge in [-0.2, -0.15) is 0 Å². The molecule has 0 unspecified atom stereocenters. The highest BCUT2D eigenvalue weighted by molar-refractivity contribution is 7.22. The average Bonchev–Trinajstić information content (AvgIpc) is 2.67. The summed E-state index contributed by atoms with van der Waals surface area (Å²) >= 11 is 1.61. The quantitative estimate of drug-likeness (QED) is 0.814. The first kappa shape index (κ1) is 12.8. The number of aryl methyl sites for hydroxylation is 2. The fourth-order valence-electron chi connectivity index (χ4n) is 1.88. The van der Waals surface area contributed by atoms with Crippen molar-refractivity contribution >= 4 is 32.7 Å². The summed E-state index contributed by atoms with van der Waals surface area (Å²) in [7, 11) is 0. The zero-order chi connectivity index (χ0) is 13.1. The van der Waals surface area contributed by atoms with Gasteiger partial charge in [-0.15, -0.1) is 0 Å². The lowest BCUT2D eigenvalue weighted by Gasteiger charge is -1.99. The highest BCUT2D eigenvalue weighted by Crippen LogP contribution is 2.29. The molecule has 4 nitrogen and oxygen atoms in total. The van der Waals surface area contributed by atoms with Crippen molar-refractivity contribution in [2.75, 3.05) is 11.9 Å². The van der Waals surface area contributed by atoms with E-state index < -0.39 is 5.97 Å². The fourth-order valence-corrected chi connectivity index (χ4v) is 2.95. The lowest BCUT2D eigenvalue weighted by molar-refractivity contribution is -0.137. The molecule has 2 N–H and O–H groups in total. The minimum absolute atomic E-state index is 0.191. The van der Waals surface area contributed by atoms with Crippen LogP contribution in [-0.4, -0.2) is 22.6 Å². The lowest BCUT2D eigenvalue weighted by Crippen LogP contribution is -2.04. The molecule has 0 amide bonds. The van der Waals surface area contributed by atoms with Gasteiger partial charge in [-0.1, -0.05) is 17.4 Å². The third kappa shape index (κ3) is 2.98. The van der Waals surface area contributed by atoms with Gasteiger partial charge in [0.25, 0.3) is 0 Å². The minimum atomic E-state index is -0.757. The van der Waals surface area contributed by atoms with E-state index in [9.17, 15) is 4.79 Å². The zero-order valence-electron chi connectivity index (χ0n) is 10.5. The van der Waals surface area contributed by atoms with Crippen molar-refractivity contribution in [3.8, 4) is 0 Å². The summed E-state index contributed by atoms with van der Waals surface area (Å²) in [6, 6.07) is 4.25. The van der Waals surface area contributed by atoms with Crippen LogP contribution in [0.4, 0.5) is 5.13 Å². The molecule has 1 heterocycles. The van der Waals surface area contributed by atoms with Crippen LogP contribution in [0.15, 0.2) is 12.1 Å². The molecule has 0 bridgehead atoms. The van der Waals surface area contributed by atoms with Crippen molar-refractivity contribution < 1.29 is 9.90 Å². The molecular weight excluding hydrogens is 248 g/mol. The minimum Gasteiger partial charge on any atom is -0.481 e. The van der Waals surface area contributed by atoms with Gasteiger partial charge in [0.2, 0.25) is 0 Å². The van der Waals surface area contributed by atoms with Crippen LogP contribution < -0.4 is 5.32 Å². The summed E-state index contributed by atoms with van der Waals surface area (Å²) in [5.74, 6) is -0.757. The van der Waals surface area contributed by atoms with E-state index in [1.165, 1.54) is 15.8 Å². The third-order valence-corrected chi connectivity index (χ3v) is 3.63. The number of fused-ring (bicyclic) bond motifs is 1. The molecule has 96 valence electrons. The number of thiazole rings is 1. The van der Waals surface area contributed by atoms with E-state index in [-0.39, 0.29) is 6.42 Å². The predicted octanol–water partition coefficient (Wildman–Crippen LogP) is 3.19. The Morgan fingerprint density at radius 1 is 1.44 bits per heavy atom. The maximum absolute atomic E-state index is 10.4. The van der Waals surface area contributed by atoms with Gasteiger partial charge in [0.1, 0.15) is 0 Å². The van der Waals surface area contributed by atoms with Gasteiger partial charge < -0.3 is 10.4 Å². The number of rotatable bonds is 5. The van der Waals surface area contributed by atoms with E-state index in [0.29, 0.717) is 13.0 Å². The second kappa shape index (κ2) is 5.35. The number of aromatic nitrogens is 1. The largest absolute Gasteiger partial charge is 0.481 e. The molecule has 0 aliphatic heterocycles. The van der Waals surface area contributed by atoms with Crippen molar-refractivity contribution in [1.29, 1.82) is 0 Å². The summed E-state index contributed by atoms with van der Waals surface area (Å²) < 4.78 is 1.17. The number of anilines is 1. The number of carbonyl (C=O) groups is 1. The second-order valence-electron chi connectivity index (χ2n) is 4.37. The standard InChI is InChI=1S/C13H16N2O2S/c1-8-6-9(2)12-10(7-8)18-13(15-12)14-5-3-4-11(16)17/h6-7H,3-5H2,1-2H3,(H,14,15)(H,16,17). The number of hydrogen-bond donors (Lipinski definition) is 2. The molecule has 1 aromatic heterocycles. The van der Waals surface area contributed by atoms with Crippen molar-refractivity contribution in [3.63, 3.8) is 0 Å². The van der Waals surface area contributed by atoms with E-state index in [1.54, 1.807) is 11.3 Å². The van der Waals surface area contributed by atoms with Crippen molar-refractivity contribution in [3.05, 3.63) is 23.3 Å². The van der Waals surface area contributed by atoms with Crippen molar-refractivity contribution in [1.82, 2.24) is 4.98 Å². The average molecular weight is 264 g/mol. The SMILES string of the molecule is Cc1cc(C)c2nc(NCCCC(=O)O)sc2c1. The van der Waals surface area contributed by atoms with E-state index in [0.717, 1.165) is 10.6 Å². The molecule has 0 aliphatic carbocycles. The van der Waals surface area contributed by atoms with Gasteiger partial charge in [-0.05, 0) is 37.5 Å². The molecular formula is C13H16N2O2S. The Morgan fingerprint density at radius 3 is 2.94 bits per heavy atom. The van der Waals surface area contributed by atoms with Crippen molar-refractivity contribution in [2.24, 2.45) is 0 Å². The van der Waals surface area contributed by atoms with Crippen molar-refractivity contribution in [2.45, 2.75) is 26.7 Å². The summed E-state index contributed by atoms with van der Waals surface area (Å²) in [4.78, 5) is 14.9. The predicted molar refractivity (Wildman–Crippen MR) is 74.5 cm³/mol. The van der Waals surface area contributed by atoms with Gasteiger partial charge >= 0.3 is 5.97 Å². The Hall–Kier alpha value is -1.62. The summed E-state index contributed by atoms with van der Waals surface area (Å²) in [6.07, 6.45) is 0.805. The monoisotopic (exact) mass is 264 g/mol. The number of carboxylic acid groups (broad SMARTS) is 1. The number of hydrogen-bond acceptors (Lipinski definition) is 4. The topological polar surface area (TPSA) is 62.2 Å². The van der Waals surface area contributed by atoms with Gasteiger partial charge in [0, 0.05) is 13.0 Å². The molecule has 5 heteroatoms. The molecule has 2 aromatic rings. The highest BCUT2D eigenvalue weighted by atomic mass is 32.1. The van der Waals surface area contributed by atoms with E-state index in [4.69, 9.17) is 5.11 Å². The number of carboxylic acids is 1. The summed E-state index contributed by atoms with van der Waals surface area (Å²) in [5.41, 5.74) is 3.45. The van der Waals surface area contributed by atoms with Crippen LogP contribution in [0.5, 0.6) is 0 Å². The fraction of sp³-hybridized carbons (Fsp3) is 0.385. The summed E-state index contributed by atoms with van der Waals surface area (Å²) in [5, 5.41) is 12.6. The van der Waals surface area contributed by atoms with E-state index >= 15 is 0 Å². The molecule has 0 saturated heterocycles. The first-order valence-corrected chi connectivity index (χ1v) is 6.71. The maximum atomic E-state index is 10.4. The zero-order valence-corrected chi connectivity index (χ0v) is 11.3. The van der Waals surface area contributed by atoms with Gasteiger partial charge in [-0.3, -0.25) is 4.79 Å². The van der Waals surface area contributed by atoms with E-state index in [2.05, 4.69) is 36.3 Å². The normalized spacial score (nSPS) is 10.8. The van der Waals surface area contributed by atoms with Crippen LogP contribution >= 0.6 is 11.3 Å². The first-order chi connectivity index (χ1) is 8.56. The molecule has 2 rings (SSSR count). The number of nitrogens with one attached hydrogen (secondary N) is 1. The maximum Gasteiger partial charge on any atom is 0.303 e. The second-order valence-corrected chi connectivity index (χ2v) is 5.40. The number of nitrogens with zero attached hydrogens (tertiary/aromatic N) is 1. The van der Waals surface area contributed by atoms with Crippen LogP contribution in [0.3, 0.4) is 0 Å². The molecule has 1 aromatic carbocycles. The van der Waals surface area contributed by atoms with Gasteiger partial charge in [-0.25, -0.2) is 4.98 Å². The molecule has 0 aliphatic rings. The number of aliphatic carboxylic acids is 1. The molecule has 0 saturated carbocycles. The van der Waals surface area contributed by atoms with Crippen LogP contribution in [-0.2, 0) is 4.79 Å². The third-order valence-electron chi connectivity index (χ3n) is 2.67. The smallest absolute Gasteiger partial charge is 0.303 e. The molecule has 0 spiro atoms. The Balaban J connectivity index is 2.06. The Labute approximate surface area is 110 Å². The molecule has 0 radical (unpaired) electrons. The Kier molecular flexibility index (Phi) is 3.81. The lowest BCUT2D eigenvalue weighted by atomic mass is 10.1. The first-order valence-electron chi connectivity index (χ1n) is 5.90. The van der Waals surface area contributed by atoms with Crippen LogP contribution in [0.1, 0.15) is 24.0 Å². The van der Waals surface area contributed by atoms with Crippen LogP contribution in [0, 0.1) is 13.8 Å². The van der Waals surface area contributed by atoms with Gasteiger partial charge in [0.15, 0.2) is 5.13 Å². The van der Waals surface area contributed by atoms with E-state index in [1.807, 2.05) is 0 Å². The molecule has 0 atom stereocenters. The van der Waals surface area contributed by atoms with Crippen LogP contribution in [0.25, 0.3) is 10.2 Å². The number of benzene rings is 1. The summed E-state index contributed by atoms with van der Waals surface area (Å²) in [6.45, 7) is 4.78. The molecule has 0 fully saturated rings.